The van der Waals surface area contributed by atoms with Crippen molar-refractivity contribution in [2.24, 2.45) is 0 Å². The quantitative estimate of drug-likeness (QED) is 0.699. The van der Waals surface area contributed by atoms with E-state index >= 15 is 0 Å². The van der Waals surface area contributed by atoms with Crippen LogP contribution in [0.5, 0.6) is 0 Å². The zero-order valence-corrected chi connectivity index (χ0v) is 14.1. The molecule has 0 saturated heterocycles. The number of hydrogen-bond donors (Lipinski definition) is 0. The molecule has 1 atom stereocenters. The predicted molar refractivity (Wildman–Crippen MR) is 87.9 cm³/mol. The van der Waals surface area contributed by atoms with Crippen molar-refractivity contribution in [3.63, 3.8) is 0 Å². The Kier molecular flexibility index (Phi) is 3.89. The van der Waals surface area contributed by atoms with Crippen LogP contribution in [-0.2, 0) is 11.2 Å². The number of fused-ring (bicyclic) bond motifs is 1. The number of anilines is 1. The van der Waals surface area contributed by atoms with Crippen LogP contribution < -0.4 is 4.90 Å². The highest BCUT2D eigenvalue weighted by molar-refractivity contribution is 9.11. The number of carbonyl (C=O) groups excluding carboxylic acids is 1. The molecule has 1 aliphatic rings. The van der Waals surface area contributed by atoms with Gasteiger partial charge in [-0.25, -0.2) is 0 Å². The van der Waals surface area contributed by atoms with E-state index in [-0.39, 0.29) is 11.3 Å². The molecule has 1 aliphatic heterocycles. The summed E-state index contributed by atoms with van der Waals surface area (Å²) in [4.78, 5) is 13.4. The number of thiophene rings is 1. The van der Waals surface area contributed by atoms with E-state index in [1.54, 1.807) is 16.2 Å². The van der Waals surface area contributed by atoms with E-state index in [4.69, 9.17) is 11.6 Å². The van der Waals surface area contributed by atoms with Crippen molar-refractivity contribution >= 4 is 50.5 Å². The molecule has 5 heteroatoms. The molecular weight excluding hydrogens is 358 g/mol. The second-order valence-electron chi connectivity index (χ2n) is 4.89. The van der Waals surface area contributed by atoms with Gasteiger partial charge in [0.1, 0.15) is 0 Å². The first-order valence-electron chi connectivity index (χ1n) is 6.33. The molecule has 20 heavy (non-hydrogen) atoms. The van der Waals surface area contributed by atoms with Gasteiger partial charge in [0.15, 0.2) is 0 Å². The molecule has 1 aromatic heterocycles. The number of rotatable bonds is 2. The standard InChI is InChI=1S/C15H13BrClNOS/c1-18-12-4-2-10(6-9(12)3-5-14(18)19)15(17)11-7-13(16)20-8-11/h2,4,6-8,15H,3,5H2,1H3. The monoisotopic (exact) mass is 369 g/mol. The number of halogens is 2. The Balaban J connectivity index is 1.95. The summed E-state index contributed by atoms with van der Waals surface area (Å²) in [6.07, 6.45) is 1.37. The number of hydrogen-bond acceptors (Lipinski definition) is 2. The summed E-state index contributed by atoms with van der Waals surface area (Å²) in [6, 6.07) is 8.19. The summed E-state index contributed by atoms with van der Waals surface area (Å²) in [5.74, 6) is 0.175. The van der Waals surface area contributed by atoms with Crippen molar-refractivity contribution in [3.05, 3.63) is 50.1 Å². The normalized spacial score (nSPS) is 16.1. The predicted octanol–water partition coefficient (Wildman–Crippen LogP) is 4.75. The van der Waals surface area contributed by atoms with Crippen LogP contribution in [-0.4, -0.2) is 13.0 Å². The first-order valence-corrected chi connectivity index (χ1v) is 8.44. The molecule has 2 nitrogen and oxygen atoms in total. The Hall–Kier alpha value is -0.840. The maximum Gasteiger partial charge on any atom is 0.227 e. The van der Waals surface area contributed by atoms with Gasteiger partial charge < -0.3 is 4.90 Å². The molecule has 2 aromatic rings. The molecule has 0 fully saturated rings. The highest BCUT2D eigenvalue weighted by Crippen LogP contribution is 2.36. The molecule has 3 rings (SSSR count). The van der Waals surface area contributed by atoms with Crippen molar-refractivity contribution in [2.45, 2.75) is 18.2 Å². The smallest absolute Gasteiger partial charge is 0.227 e. The van der Waals surface area contributed by atoms with Crippen molar-refractivity contribution < 1.29 is 4.79 Å². The fourth-order valence-corrected chi connectivity index (χ4v) is 4.02. The van der Waals surface area contributed by atoms with Crippen LogP contribution >= 0.6 is 38.9 Å². The lowest BCUT2D eigenvalue weighted by molar-refractivity contribution is -0.118. The Morgan fingerprint density at radius 1 is 1.30 bits per heavy atom. The molecule has 2 heterocycles. The largest absolute Gasteiger partial charge is 0.315 e. The molecule has 0 saturated carbocycles. The van der Waals surface area contributed by atoms with Crippen LogP contribution in [0, 0.1) is 0 Å². The zero-order valence-electron chi connectivity index (χ0n) is 10.9. The highest BCUT2D eigenvalue weighted by Gasteiger charge is 2.22. The zero-order chi connectivity index (χ0) is 14.3. The van der Waals surface area contributed by atoms with Crippen molar-refractivity contribution in [1.29, 1.82) is 0 Å². The summed E-state index contributed by atoms with van der Waals surface area (Å²) in [7, 11) is 1.83. The van der Waals surface area contributed by atoms with Gasteiger partial charge in [0.2, 0.25) is 5.91 Å². The fourth-order valence-electron chi connectivity index (χ4n) is 2.48. The van der Waals surface area contributed by atoms with E-state index in [1.165, 1.54) is 5.56 Å². The average Bonchev–Trinajstić information content (AvgIpc) is 2.88. The van der Waals surface area contributed by atoms with Gasteiger partial charge in [0.05, 0.1) is 9.16 Å². The number of aryl methyl sites for hydroxylation is 1. The van der Waals surface area contributed by atoms with Gasteiger partial charge in [-0.15, -0.1) is 22.9 Å². The second-order valence-corrected chi connectivity index (χ2v) is 7.61. The number of benzene rings is 1. The Bertz CT molecular complexity index is 670. The van der Waals surface area contributed by atoms with Crippen molar-refractivity contribution in [1.82, 2.24) is 0 Å². The van der Waals surface area contributed by atoms with E-state index in [0.29, 0.717) is 6.42 Å². The second kappa shape index (κ2) is 5.51. The van der Waals surface area contributed by atoms with E-state index in [2.05, 4.69) is 33.4 Å². The summed E-state index contributed by atoms with van der Waals surface area (Å²) in [5, 5.41) is 1.92. The summed E-state index contributed by atoms with van der Waals surface area (Å²) >= 11 is 11.7. The first-order chi connectivity index (χ1) is 9.56. The van der Waals surface area contributed by atoms with Gasteiger partial charge in [-0.2, -0.15) is 0 Å². The molecular formula is C15H13BrClNOS. The van der Waals surface area contributed by atoms with Gasteiger partial charge in [-0.3, -0.25) is 4.79 Å². The van der Waals surface area contributed by atoms with Gasteiger partial charge >= 0.3 is 0 Å². The average molecular weight is 371 g/mol. The molecule has 104 valence electrons. The fraction of sp³-hybridized carbons (Fsp3) is 0.267. The molecule has 0 bridgehead atoms. The molecule has 1 aromatic carbocycles. The van der Waals surface area contributed by atoms with Crippen LogP contribution in [0.25, 0.3) is 0 Å². The maximum atomic E-state index is 11.7. The van der Waals surface area contributed by atoms with Gasteiger partial charge in [0.25, 0.3) is 0 Å². The number of amides is 1. The molecule has 0 N–H and O–H groups in total. The summed E-state index contributed by atoms with van der Waals surface area (Å²) in [6.45, 7) is 0. The lowest BCUT2D eigenvalue weighted by Crippen LogP contribution is -2.31. The van der Waals surface area contributed by atoms with Crippen LogP contribution in [0.3, 0.4) is 0 Å². The summed E-state index contributed by atoms with van der Waals surface area (Å²) in [5.41, 5.74) is 4.38. The third-order valence-electron chi connectivity index (χ3n) is 3.62. The van der Waals surface area contributed by atoms with Gasteiger partial charge in [-0.05, 0) is 56.6 Å². The van der Waals surface area contributed by atoms with E-state index in [9.17, 15) is 4.79 Å². The molecule has 0 radical (unpaired) electrons. The lowest BCUT2D eigenvalue weighted by atomic mass is 9.97. The molecule has 0 aliphatic carbocycles. The lowest BCUT2D eigenvalue weighted by Gasteiger charge is -2.26. The van der Waals surface area contributed by atoms with E-state index in [1.807, 2.05) is 19.2 Å². The Morgan fingerprint density at radius 3 is 2.80 bits per heavy atom. The molecule has 1 amide bonds. The van der Waals surface area contributed by atoms with Crippen LogP contribution in [0.2, 0.25) is 0 Å². The van der Waals surface area contributed by atoms with Crippen LogP contribution in [0.1, 0.15) is 28.5 Å². The van der Waals surface area contributed by atoms with Crippen molar-refractivity contribution in [3.8, 4) is 0 Å². The minimum absolute atomic E-state index is 0.147. The third kappa shape index (κ3) is 2.52. The SMILES string of the molecule is CN1C(=O)CCc2cc(C(Cl)c3csc(Br)c3)ccc21. The maximum absolute atomic E-state index is 11.7. The molecule has 1 unspecified atom stereocenters. The van der Waals surface area contributed by atoms with E-state index < -0.39 is 0 Å². The Labute approximate surface area is 135 Å². The van der Waals surface area contributed by atoms with Gasteiger partial charge in [0, 0.05) is 19.2 Å². The first kappa shape index (κ1) is 14.1. The topological polar surface area (TPSA) is 20.3 Å². The van der Waals surface area contributed by atoms with E-state index in [0.717, 1.165) is 27.0 Å². The minimum atomic E-state index is -0.147. The number of nitrogens with zero attached hydrogens (tertiary/aromatic N) is 1. The van der Waals surface area contributed by atoms with Gasteiger partial charge in [-0.1, -0.05) is 12.1 Å². The molecule has 0 spiro atoms. The number of alkyl halides is 1. The van der Waals surface area contributed by atoms with Crippen molar-refractivity contribution in [2.75, 3.05) is 11.9 Å². The van der Waals surface area contributed by atoms with Crippen LogP contribution in [0.15, 0.2) is 33.4 Å². The minimum Gasteiger partial charge on any atom is -0.315 e. The van der Waals surface area contributed by atoms with Crippen LogP contribution in [0.4, 0.5) is 5.69 Å². The summed E-state index contributed by atoms with van der Waals surface area (Å²) < 4.78 is 1.08. The number of carbonyl (C=O) groups is 1. The Morgan fingerprint density at radius 2 is 2.10 bits per heavy atom. The highest BCUT2D eigenvalue weighted by atomic mass is 79.9. The third-order valence-corrected chi connectivity index (χ3v) is 5.65.